The number of hydrogen-bond acceptors (Lipinski definition) is 6. The molecule has 21 heavy (non-hydrogen) atoms. The van der Waals surface area contributed by atoms with Crippen molar-refractivity contribution >= 4 is 32.2 Å². The molecule has 0 radical (unpaired) electrons. The van der Waals surface area contributed by atoms with Gasteiger partial charge in [-0.15, -0.1) is 11.3 Å². The average Bonchev–Trinajstić information content (AvgIpc) is 2.87. The Bertz CT molecular complexity index is 598. The molecule has 1 aromatic heterocycles. The zero-order valence-electron chi connectivity index (χ0n) is 12.3. The molecular formula is C13H21N3O3S2. The fourth-order valence-corrected chi connectivity index (χ4v) is 5.00. The molecule has 2 heterocycles. The highest BCUT2D eigenvalue weighted by atomic mass is 32.2. The maximum absolute atomic E-state index is 12.1. The summed E-state index contributed by atoms with van der Waals surface area (Å²) in [7, 11) is -3.31. The van der Waals surface area contributed by atoms with Gasteiger partial charge in [0.15, 0.2) is 15.0 Å². The lowest BCUT2D eigenvalue weighted by Crippen LogP contribution is -2.39. The molecule has 0 aliphatic carbocycles. The van der Waals surface area contributed by atoms with Crippen LogP contribution in [0.3, 0.4) is 0 Å². The zero-order chi connectivity index (χ0) is 15.5. The van der Waals surface area contributed by atoms with Crippen molar-refractivity contribution in [2.45, 2.75) is 44.4 Å². The summed E-state index contributed by atoms with van der Waals surface area (Å²) in [5.41, 5.74) is 0.851. The second kappa shape index (κ2) is 6.85. The van der Waals surface area contributed by atoms with Gasteiger partial charge in [-0.3, -0.25) is 4.79 Å². The molecule has 0 saturated carbocycles. The first-order valence-electron chi connectivity index (χ1n) is 7.15. The van der Waals surface area contributed by atoms with Crippen molar-refractivity contribution in [1.82, 2.24) is 10.3 Å². The molecule has 1 aliphatic rings. The molecule has 0 aromatic carbocycles. The molecule has 1 fully saturated rings. The van der Waals surface area contributed by atoms with Gasteiger partial charge in [0.2, 0.25) is 5.91 Å². The average molecular weight is 331 g/mol. The summed E-state index contributed by atoms with van der Waals surface area (Å²) in [5.74, 6) is -0.349. The topological polar surface area (TPSA) is 88.2 Å². The van der Waals surface area contributed by atoms with Gasteiger partial charge in [-0.1, -0.05) is 13.3 Å². The number of rotatable bonds is 5. The summed E-state index contributed by atoms with van der Waals surface area (Å²) in [6.07, 6.45) is 1.83. The van der Waals surface area contributed by atoms with Gasteiger partial charge in [0.1, 0.15) is 5.25 Å². The highest BCUT2D eigenvalue weighted by molar-refractivity contribution is 7.92. The van der Waals surface area contributed by atoms with Gasteiger partial charge in [0, 0.05) is 11.4 Å². The van der Waals surface area contributed by atoms with Gasteiger partial charge in [-0.05, 0) is 26.3 Å². The summed E-state index contributed by atoms with van der Waals surface area (Å²) in [4.78, 5) is 16.5. The number of anilines is 1. The number of nitrogens with one attached hydrogen (secondary N) is 2. The molecule has 1 saturated heterocycles. The van der Waals surface area contributed by atoms with Gasteiger partial charge < -0.3 is 10.6 Å². The van der Waals surface area contributed by atoms with Gasteiger partial charge in [-0.25, -0.2) is 13.4 Å². The molecule has 0 bridgehead atoms. The van der Waals surface area contributed by atoms with E-state index < -0.39 is 21.0 Å². The molecule has 1 aromatic rings. The highest BCUT2D eigenvalue weighted by Crippen LogP contribution is 2.24. The molecule has 2 atom stereocenters. The molecule has 1 aliphatic heterocycles. The quantitative estimate of drug-likeness (QED) is 0.858. The van der Waals surface area contributed by atoms with E-state index in [2.05, 4.69) is 15.6 Å². The Kier molecular flexibility index (Phi) is 5.34. The Hall–Kier alpha value is -0.990. The Morgan fingerprint density at radius 2 is 2.29 bits per heavy atom. The molecule has 0 spiro atoms. The van der Waals surface area contributed by atoms with E-state index >= 15 is 0 Å². The number of sulfone groups is 1. The molecule has 2 unspecified atom stereocenters. The lowest BCUT2D eigenvalue weighted by molar-refractivity contribution is -0.116. The Morgan fingerprint density at radius 1 is 1.52 bits per heavy atom. The van der Waals surface area contributed by atoms with E-state index in [4.69, 9.17) is 0 Å². The number of aromatic nitrogens is 1. The summed E-state index contributed by atoms with van der Waals surface area (Å²) >= 11 is 1.32. The van der Waals surface area contributed by atoms with Crippen LogP contribution in [0, 0.1) is 0 Å². The number of thiazole rings is 1. The predicted molar refractivity (Wildman–Crippen MR) is 84.3 cm³/mol. The van der Waals surface area contributed by atoms with E-state index in [1.807, 2.05) is 19.2 Å². The highest BCUT2D eigenvalue weighted by Gasteiger charge is 2.35. The van der Waals surface area contributed by atoms with E-state index in [0.717, 1.165) is 18.7 Å². The minimum atomic E-state index is -3.31. The monoisotopic (exact) mass is 331 g/mol. The first kappa shape index (κ1) is 16.4. The lowest BCUT2D eigenvalue weighted by Gasteiger charge is -2.20. The number of carbonyl (C=O) groups is 1. The van der Waals surface area contributed by atoms with E-state index in [0.29, 0.717) is 18.0 Å². The van der Waals surface area contributed by atoms with E-state index in [9.17, 15) is 13.2 Å². The maximum Gasteiger partial charge on any atom is 0.244 e. The smallest absolute Gasteiger partial charge is 0.244 e. The maximum atomic E-state index is 12.1. The van der Waals surface area contributed by atoms with Crippen molar-refractivity contribution in [3.8, 4) is 0 Å². The van der Waals surface area contributed by atoms with Crippen LogP contribution in [0.4, 0.5) is 5.13 Å². The van der Waals surface area contributed by atoms with Crippen LogP contribution in [0.1, 0.15) is 44.8 Å². The van der Waals surface area contributed by atoms with Crippen molar-refractivity contribution in [3.63, 3.8) is 0 Å². The summed E-state index contributed by atoms with van der Waals surface area (Å²) in [6.45, 7) is 4.84. The molecule has 1 amide bonds. The van der Waals surface area contributed by atoms with Gasteiger partial charge in [0.05, 0.1) is 11.4 Å². The van der Waals surface area contributed by atoms with Crippen LogP contribution in [0.25, 0.3) is 0 Å². The molecule has 8 heteroatoms. The number of nitrogens with zero attached hydrogens (tertiary/aromatic N) is 1. The Morgan fingerprint density at radius 3 is 2.95 bits per heavy atom. The standard InChI is InChI=1S/C13H21N3O3S2/c1-3-14-9(2)10-8-20-13(15-10)16-12(17)11-6-4-5-7-21(11,18)19/h8-9,11,14H,3-7H2,1-2H3,(H,15,16,17). The van der Waals surface area contributed by atoms with Crippen LogP contribution < -0.4 is 10.6 Å². The van der Waals surface area contributed by atoms with E-state index in [1.54, 1.807) is 0 Å². The second-order valence-electron chi connectivity index (χ2n) is 5.20. The van der Waals surface area contributed by atoms with Crippen molar-refractivity contribution in [2.75, 3.05) is 17.6 Å². The first-order chi connectivity index (χ1) is 9.94. The fourth-order valence-electron chi connectivity index (χ4n) is 2.39. The molecule has 2 rings (SSSR count). The molecular weight excluding hydrogens is 310 g/mol. The fraction of sp³-hybridized carbons (Fsp3) is 0.692. The third kappa shape index (κ3) is 4.02. The van der Waals surface area contributed by atoms with Crippen molar-refractivity contribution in [1.29, 1.82) is 0 Å². The van der Waals surface area contributed by atoms with Crippen LogP contribution >= 0.6 is 11.3 Å². The minimum absolute atomic E-state index is 0.103. The van der Waals surface area contributed by atoms with Crippen LogP contribution in [-0.4, -0.2) is 36.9 Å². The number of hydrogen-bond donors (Lipinski definition) is 2. The molecule has 2 N–H and O–H groups in total. The van der Waals surface area contributed by atoms with Crippen LogP contribution in [0.2, 0.25) is 0 Å². The lowest BCUT2D eigenvalue weighted by atomic mass is 10.2. The summed E-state index contributed by atoms with van der Waals surface area (Å²) in [6, 6.07) is 0.107. The van der Waals surface area contributed by atoms with Gasteiger partial charge in [0.25, 0.3) is 0 Å². The Balaban J connectivity index is 2.03. The van der Waals surface area contributed by atoms with Gasteiger partial charge >= 0.3 is 0 Å². The van der Waals surface area contributed by atoms with E-state index in [1.165, 1.54) is 11.3 Å². The third-order valence-electron chi connectivity index (χ3n) is 3.58. The van der Waals surface area contributed by atoms with Crippen LogP contribution in [0.5, 0.6) is 0 Å². The summed E-state index contributed by atoms with van der Waals surface area (Å²) < 4.78 is 23.8. The summed E-state index contributed by atoms with van der Waals surface area (Å²) in [5, 5.41) is 7.29. The number of carbonyl (C=O) groups excluding carboxylic acids is 1. The Labute approximate surface area is 129 Å². The van der Waals surface area contributed by atoms with Crippen molar-refractivity contribution < 1.29 is 13.2 Å². The molecule has 118 valence electrons. The zero-order valence-corrected chi connectivity index (χ0v) is 13.9. The predicted octanol–water partition coefficient (Wildman–Crippen LogP) is 1.72. The van der Waals surface area contributed by atoms with Crippen LogP contribution in [0.15, 0.2) is 5.38 Å². The SMILES string of the molecule is CCNC(C)c1csc(NC(=O)C2CCCCS2(=O)=O)n1. The normalized spacial score (nSPS) is 22.7. The third-order valence-corrected chi connectivity index (χ3v) is 6.53. The van der Waals surface area contributed by atoms with E-state index in [-0.39, 0.29) is 11.8 Å². The number of amides is 1. The first-order valence-corrected chi connectivity index (χ1v) is 9.74. The largest absolute Gasteiger partial charge is 0.309 e. The molecule has 6 nitrogen and oxygen atoms in total. The second-order valence-corrected chi connectivity index (χ2v) is 8.36. The van der Waals surface area contributed by atoms with Crippen LogP contribution in [-0.2, 0) is 14.6 Å². The van der Waals surface area contributed by atoms with Gasteiger partial charge in [-0.2, -0.15) is 0 Å². The minimum Gasteiger partial charge on any atom is -0.309 e. The van der Waals surface area contributed by atoms with Crippen molar-refractivity contribution in [3.05, 3.63) is 11.1 Å². The van der Waals surface area contributed by atoms with Crippen molar-refractivity contribution in [2.24, 2.45) is 0 Å².